The lowest BCUT2D eigenvalue weighted by Crippen LogP contribution is -1.76. The number of aromatic nitrogens is 1. The van der Waals surface area contributed by atoms with Crippen LogP contribution in [0.3, 0.4) is 0 Å². The Balaban J connectivity index is 2.83. The molecule has 0 aromatic carbocycles. The Hall–Kier alpha value is -0.890. The van der Waals surface area contributed by atoms with E-state index in [0.29, 0.717) is 6.54 Å². The number of hydrogen-bond acceptors (Lipinski definition) is 1. The van der Waals surface area contributed by atoms with Crippen LogP contribution in [0.15, 0.2) is 24.5 Å². The van der Waals surface area contributed by atoms with Gasteiger partial charge in [-0.1, -0.05) is 5.56 Å². The minimum absolute atomic E-state index is 0.350. The van der Waals surface area contributed by atoms with Gasteiger partial charge < -0.3 is 5.73 Å². The third-order valence-electron chi connectivity index (χ3n) is 0.953. The first-order valence-corrected chi connectivity index (χ1v) is 2.47. The van der Waals surface area contributed by atoms with E-state index >= 15 is 0 Å². The first-order valence-electron chi connectivity index (χ1n) is 2.47. The Bertz CT molecular complexity index is 148. The van der Waals surface area contributed by atoms with Gasteiger partial charge >= 0.3 is 0 Å². The molecule has 2 heteroatoms. The van der Waals surface area contributed by atoms with Gasteiger partial charge in [0, 0.05) is 12.4 Å². The van der Waals surface area contributed by atoms with Gasteiger partial charge in [-0.05, 0) is 12.1 Å². The van der Waals surface area contributed by atoms with Crippen molar-refractivity contribution in [2.75, 3.05) is 0 Å². The van der Waals surface area contributed by atoms with Crippen LogP contribution >= 0.6 is 0 Å². The molecule has 1 rings (SSSR count). The molecule has 1 aromatic rings. The van der Waals surface area contributed by atoms with Crippen LogP contribution in [0.4, 0.5) is 0 Å². The summed E-state index contributed by atoms with van der Waals surface area (Å²) < 4.78 is 0. The second-order valence-corrected chi connectivity index (χ2v) is 1.53. The summed E-state index contributed by atoms with van der Waals surface area (Å²) in [5.41, 5.74) is 7.93. The Labute approximate surface area is 48.4 Å². The summed E-state index contributed by atoms with van der Waals surface area (Å²) in [5.74, 6) is 0. The number of hydrogen-bond donors (Lipinski definition) is 0. The molecule has 0 bridgehead atoms. The highest BCUT2D eigenvalue weighted by Gasteiger charge is 1.76. The molecule has 2 nitrogen and oxygen atoms in total. The van der Waals surface area contributed by atoms with Crippen LogP contribution in [0.1, 0.15) is 5.56 Å². The number of rotatable bonds is 1. The zero-order valence-corrected chi connectivity index (χ0v) is 4.46. The van der Waals surface area contributed by atoms with Crippen molar-refractivity contribution >= 4 is 0 Å². The lowest BCUT2D eigenvalue weighted by atomic mass is 10.3. The van der Waals surface area contributed by atoms with Gasteiger partial charge in [-0.2, -0.15) is 0 Å². The molecule has 8 heavy (non-hydrogen) atoms. The van der Waals surface area contributed by atoms with Crippen LogP contribution in [0.2, 0.25) is 0 Å². The molecule has 1 N–H and O–H groups in total. The van der Waals surface area contributed by atoms with Crippen molar-refractivity contribution in [3.63, 3.8) is 0 Å². The molecule has 0 saturated heterocycles. The van der Waals surface area contributed by atoms with E-state index in [9.17, 15) is 0 Å². The van der Waals surface area contributed by atoms with Crippen molar-refractivity contribution in [1.29, 1.82) is 0 Å². The fourth-order valence-electron chi connectivity index (χ4n) is 0.501. The van der Waals surface area contributed by atoms with E-state index in [4.69, 9.17) is 5.73 Å². The van der Waals surface area contributed by atoms with Crippen LogP contribution in [-0.4, -0.2) is 4.98 Å². The molecule has 0 unspecified atom stereocenters. The molecule has 0 spiro atoms. The minimum Gasteiger partial charge on any atom is -0.674 e. The summed E-state index contributed by atoms with van der Waals surface area (Å²) in [7, 11) is 0. The van der Waals surface area contributed by atoms with Crippen molar-refractivity contribution in [2.45, 2.75) is 6.54 Å². The minimum atomic E-state index is 0.350. The largest absolute Gasteiger partial charge is 0.674 e. The van der Waals surface area contributed by atoms with Crippen LogP contribution in [0.25, 0.3) is 5.73 Å². The third-order valence-corrected chi connectivity index (χ3v) is 0.953. The van der Waals surface area contributed by atoms with Gasteiger partial charge in [0.15, 0.2) is 0 Å². The lowest BCUT2D eigenvalue weighted by Gasteiger charge is -1.97. The number of pyridine rings is 1. The van der Waals surface area contributed by atoms with Gasteiger partial charge in [0.2, 0.25) is 0 Å². The first-order chi connectivity index (χ1) is 3.93. The molecule has 0 aliphatic heterocycles. The Morgan fingerprint density at radius 1 is 1.38 bits per heavy atom. The number of nitrogens with zero attached hydrogens (tertiary/aromatic N) is 1. The highest BCUT2D eigenvalue weighted by molar-refractivity contribution is 5.10. The fraction of sp³-hybridized carbons (Fsp3) is 0.167. The molecule has 0 atom stereocenters. The molecule has 0 amide bonds. The van der Waals surface area contributed by atoms with Gasteiger partial charge in [0.1, 0.15) is 0 Å². The van der Waals surface area contributed by atoms with E-state index < -0.39 is 0 Å². The maximum Gasteiger partial charge on any atom is 0.0269 e. The van der Waals surface area contributed by atoms with Gasteiger partial charge in [0.25, 0.3) is 0 Å². The molecule has 1 heterocycles. The monoisotopic (exact) mass is 107 g/mol. The molecule has 0 aliphatic carbocycles. The molecule has 0 aliphatic rings. The highest BCUT2D eigenvalue weighted by Crippen LogP contribution is 1.95. The van der Waals surface area contributed by atoms with E-state index in [-0.39, 0.29) is 0 Å². The van der Waals surface area contributed by atoms with Crippen molar-refractivity contribution in [2.24, 2.45) is 0 Å². The third kappa shape index (κ3) is 1.04. The zero-order valence-electron chi connectivity index (χ0n) is 4.46. The average Bonchev–Trinajstić information content (AvgIpc) is 1.90. The van der Waals surface area contributed by atoms with Crippen molar-refractivity contribution < 1.29 is 0 Å². The predicted octanol–water partition coefficient (Wildman–Crippen LogP) is 1.63. The summed E-state index contributed by atoms with van der Waals surface area (Å²) >= 11 is 0. The summed E-state index contributed by atoms with van der Waals surface area (Å²) in [6.07, 6.45) is 3.40. The second-order valence-electron chi connectivity index (χ2n) is 1.53. The van der Waals surface area contributed by atoms with Crippen molar-refractivity contribution in [3.8, 4) is 0 Å². The van der Waals surface area contributed by atoms with E-state index in [0.717, 1.165) is 5.56 Å². The maximum atomic E-state index is 6.92. The highest BCUT2D eigenvalue weighted by atomic mass is 14.6. The maximum absolute atomic E-state index is 6.92. The van der Waals surface area contributed by atoms with Crippen LogP contribution in [-0.2, 0) is 6.54 Å². The normalized spacial score (nSPS) is 9.12. The lowest BCUT2D eigenvalue weighted by molar-refractivity contribution is 1.22. The molecular weight excluding hydrogens is 100 g/mol. The zero-order chi connectivity index (χ0) is 5.82. The van der Waals surface area contributed by atoms with Crippen molar-refractivity contribution in [3.05, 3.63) is 35.8 Å². The van der Waals surface area contributed by atoms with Crippen molar-refractivity contribution in [1.82, 2.24) is 4.98 Å². The molecular formula is C6H7N2-. The molecule has 0 saturated carbocycles. The smallest absolute Gasteiger partial charge is 0.0269 e. The molecule has 1 aromatic heterocycles. The Morgan fingerprint density at radius 2 is 2.00 bits per heavy atom. The molecule has 42 valence electrons. The topological polar surface area (TPSA) is 36.7 Å². The molecule has 0 radical (unpaired) electrons. The SMILES string of the molecule is [NH-]Cc1ccncc1. The van der Waals surface area contributed by atoms with Gasteiger partial charge in [0.05, 0.1) is 0 Å². The van der Waals surface area contributed by atoms with E-state index in [2.05, 4.69) is 4.98 Å². The van der Waals surface area contributed by atoms with E-state index in [1.54, 1.807) is 12.4 Å². The first kappa shape index (κ1) is 5.25. The fourth-order valence-corrected chi connectivity index (χ4v) is 0.501. The van der Waals surface area contributed by atoms with E-state index in [1.807, 2.05) is 12.1 Å². The standard InChI is InChI=1S/C6H7N2/c7-5-6-1-3-8-4-2-6/h1-4,7H,5H2/q-1. The van der Waals surface area contributed by atoms with Crippen LogP contribution < -0.4 is 0 Å². The summed E-state index contributed by atoms with van der Waals surface area (Å²) in [6, 6.07) is 3.68. The summed E-state index contributed by atoms with van der Waals surface area (Å²) in [6.45, 7) is 0.350. The quantitative estimate of drug-likeness (QED) is 0.537. The van der Waals surface area contributed by atoms with Crippen LogP contribution in [0.5, 0.6) is 0 Å². The summed E-state index contributed by atoms with van der Waals surface area (Å²) in [5, 5.41) is 0. The predicted molar refractivity (Wildman–Crippen MR) is 32.3 cm³/mol. The van der Waals surface area contributed by atoms with E-state index in [1.165, 1.54) is 0 Å². The molecule has 0 fully saturated rings. The second kappa shape index (κ2) is 2.43. The number of nitrogens with one attached hydrogen (secondary N) is 1. The van der Waals surface area contributed by atoms with Crippen LogP contribution in [0, 0.1) is 0 Å². The Morgan fingerprint density at radius 3 is 2.38 bits per heavy atom. The van der Waals surface area contributed by atoms with Gasteiger partial charge in [-0.15, -0.1) is 6.54 Å². The summed E-state index contributed by atoms with van der Waals surface area (Å²) in [4.78, 5) is 3.81. The van der Waals surface area contributed by atoms with Gasteiger partial charge in [-0.3, -0.25) is 4.98 Å². The Kier molecular flexibility index (Phi) is 1.59. The average molecular weight is 107 g/mol. The van der Waals surface area contributed by atoms with Gasteiger partial charge in [-0.25, -0.2) is 0 Å².